The minimum Gasteiger partial charge on any atom is -0.290 e. The molecule has 3 aromatic carbocycles. The van der Waals surface area contributed by atoms with Crippen LogP contribution in [0.15, 0.2) is 82.6 Å². The van der Waals surface area contributed by atoms with Gasteiger partial charge in [0.1, 0.15) is 0 Å². The standard InChI is InChI=1S/C23H16Cl2N4O3/c1-14(26-20-13-16(24)7-12-19(20)25)21-22(15-5-3-2-4-6-15)27-28(23(21)30)17-8-10-18(11-9-17)29(31)32/h2-13,27H,1H3. The lowest BCUT2D eigenvalue weighted by Gasteiger charge is -2.04. The minimum absolute atomic E-state index is 0.0646. The van der Waals surface area contributed by atoms with Crippen LogP contribution in [0, 0.1) is 10.1 Å². The second-order valence-electron chi connectivity index (χ2n) is 6.93. The zero-order chi connectivity index (χ0) is 22.8. The molecular weight excluding hydrogens is 451 g/mol. The van der Waals surface area contributed by atoms with Gasteiger partial charge in [0.2, 0.25) is 0 Å². The number of nitrogens with zero attached hydrogens (tertiary/aromatic N) is 3. The highest BCUT2D eigenvalue weighted by molar-refractivity contribution is 6.35. The van der Waals surface area contributed by atoms with Gasteiger partial charge in [-0.1, -0.05) is 53.5 Å². The van der Waals surface area contributed by atoms with E-state index in [1.54, 1.807) is 25.1 Å². The normalized spacial score (nSPS) is 11.5. The van der Waals surface area contributed by atoms with Crippen LogP contribution >= 0.6 is 23.2 Å². The molecule has 0 amide bonds. The van der Waals surface area contributed by atoms with Gasteiger partial charge >= 0.3 is 0 Å². The molecule has 0 saturated heterocycles. The first-order valence-corrected chi connectivity index (χ1v) is 10.3. The fraction of sp³-hybridized carbons (Fsp3) is 0.0435. The summed E-state index contributed by atoms with van der Waals surface area (Å²) in [6.45, 7) is 1.72. The molecular formula is C23H16Cl2N4O3. The molecule has 0 aliphatic rings. The fourth-order valence-electron chi connectivity index (χ4n) is 3.30. The van der Waals surface area contributed by atoms with E-state index in [1.807, 2.05) is 30.3 Å². The Bertz CT molecular complexity index is 1390. The number of nitro groups is 1. The van der Waals surface area contributed by atoms with Crippen LogP contribution in [0.4, 0.5) is 11.4 Å². The predicted molar refractivity (Wildman–Crippen MR) is 127 cm³/mol. The molecule has 4 rings (SSSR count). The Hall–Kier alpha value is -3.68. The number of non-ortho nitro benzene ring substituents is 1. The Morgan fingerprint density at radius 2 is 1.72 bits per heavy atom. The van der Waals surface area contributed by atoms with E-state index in [-0.39, 0.29) is 11.2 Å². The van der Waals surface area contributed by atoms with Gasteiger partial charge in [-0.2, -0.15) is 0 Å². The predicted octanol–water partition coefficient (Wildman–Crippen LogP) is 6.19. The third kappa shape index (κ3) is 4.21. The number of benzene rings is 3. The van der Waals surface area contributed by atoms with E-state index in [0.717, 1.165) is 5.56 Å². The number of aliphatic imine (C=N–C) groups is 1. The molecule has 0 spiro atoms. The highest BCUT2D eigenvalue weighted by atomic mass is 35.5. The number of hydrogen-bond acceptors (Lipinski definition) is 4. The van der Waals surface area contributed by atoms with E-state index < -0.39 is 4.92 Å². The van der Waals surface area contributed by atoms with Crippen molar-refractivity contribution in [2.24, 2.45) is 4.99 Å². The lowest BCUT2D eigenvalue weighted by molar-refractivity contribution is -0.384. The third-order valence-corrected chi connectivity index (χ3v) is 5.38. The van der Waals surface area contributed by atoms with Gasteiger partial charge in [-0.15, -0.1) is 0 Å². The monoisotopic (exact) mass is 466 g/mol. The second kappa shape index (κ2) is 8.82. The van der Waals surface area contributed by atoms with Crippen LogP contribution in [-0.2, 0) is 0 Å². The number of halogens is 2. The van der Waals surface area contributed by atoms with Gasteiger partial charge in [0, 0.05) is 22.7 Å². The Labute approximate surface area is 192 Å². The smallest absolute Gasteiger partial charge is 0.280 e. The number of rotatable bonds is 5. The van der Waals surface area contributed by atoms with Gasteiger partial charge < -0.3 is 0 Å². The molecule has 0 fully saturated rings. The summed E-state index contributed by atoms with van der Waals surface area (Å²) in [7, 11) is 0. The topological polar surface area (TPSA) is 93.3 Å². The molecule has 1 aromatic heterocycles. The van der Waals surface area contributed by atoms with Crippen molar-refractivity contribution in [1.82, 2.24) is 9.78 Å². The number of hydrogen-bond donors (Lipinski definition) is 1. The summed E-state index contributed by atoms with van der Waals surface area (Å²) < 4.78 is 1.33. The summed E-state index contributed by atoms with van der Waals surface area (Å²) in [6, 6.07) is 20.0. The van der Waals surface area contributed by atoms with Crippen LogP contribution in [0.3, 0.4) is 0 Å². The summed E-state index contributed by atoms with van der Waals surface area (Å²) in [5, 5.41) is 15.0. The molecule has 0 saturated carbocycles. The zero-order valence-corrected chi connectivity index (χ0v) is 18.3. The number of aromatic amines is 1. The van der Waals surface area contributed by atoms with E-state index in [4.69, 9.17) is 23.2 Å². The molecule has 7 nitrogen and oxygen atoms in total. The summed E-state index contributed by atoms with van der Waals surface area (Å²) in [6.07, 6.45) is 0. The number of H-pyrrole nitrogens is 1. The van der Waals surface area contributed by atoms with Crippen molar-refractivity contribution >= 4 is 40.3 Å². The summed E-state index contributed by atoms with van der Waals surface area (Å²) in [5.74, 6) is 0. The van der Waals surface area contributed by atoms with Crippen LogP contribution in [0.1, 0.15) is 12.5 Å². The van der Waals surface area contributed by atoms with Crippen molar-refractivity contribution in [3.63, 3.8) is 0 Å². The minimum atomic E-state index is -0.492. The quantitative estimate of drug-likeness (QED) is 0.216. The Morgan fingerprint density at radius 1 is 1.03 bits per heavy atom. The maximum absolute atomic E-state index is 13.4. The summed E-state index contributed by atoms with van der Waals surface area (Å²) in [4.78, 5) is 28.5. The SMILES string of the molecule is CC(=Nc1cc(Cl)ccc1Cl)c1c(-c2ccccc2)[nH]n(-c2ccc([N+](=O)[O-])cc2)c1=O. The molecule has 0 atom stereocenters. The van der Waals surface area contributed by atoms with Gasteiger partial charge in [0.15, 0.2) is 0 Å². The molecule has 0 aliphatic heterocycles. The number of nitrogens with one attached hydrogen (secondary N) is 1. The van der Waals surface area contributed by atoms with Gasteiger partial charge in [-0.3, -0.25) is 25.0 Å². The largest absolute Gasteiger partial charge is 0.290 e. The number of nitro benzene ring substituents is 1. The summed E-state index contributed by atoms with van der Waals surface area (Å²) in [5.41, 5.74) is 2.62. The van der Waals surface area contributed by atoms with E-state index in [1.165, 1.54) is 28.9 Å². The fourth-order valence-corrected chi connectivity index (χ4v) is 3.63. The molecule has 9 heteroatoms. The third-order valence-electron chi connectivity index (χ3n) is 4.83. The molecule has 0 aliphatic carbocycles. The lowest BCUT2D eigenvalue weighted by atomic mass is 10.1. The number of aromatic nitrogens is 2. The Balaban J connectivity index is 1.91. The van der Waals surface area contributed by atoms with Crippen molar-refractivity contribution < 1.29 is 4.92 Å². The molecule has 1 N–H and O–H groups in total. The van der Waals surface area contributed by atoms with E-state index in [9.17, 15) is 14.9 Å². The van der Waals surface area contributed by atoms with E-state index in [0.29, 0.717) is 38.4 Å². The van der Waals surface area contributed by atoms with Gasteiger partial charge in [0.25, 0.3) is 11.2 Å². The van der Waals surface area contributed by atoms with Crippen molar-refractivity contribution in [3.8, 4) is 16.9 Å². The van der Waals surface area contributed by atoms with Crippen molar-refractivity contribution in [2.45, 2.75) is 6.92 Å². The molecule has 1 heterocycles. The van der Waals surface area contributed by atoms with Gasteiger partial charge in [-0.25, -0.2) is 4.68 Å². The van der Waals surface area contributed by atoms with Crippen LogP contribution in [0.25, 0.3) is 16.9 Å². The van der Waals surface area contributed by atoms with Crippen LogP contribution in [0.5, 0.6) is 0 Å². The van der Waals surface area contributed by atoms with Gasteiger partial charge in [-0.05, 0) is 37.3 Å². The van der Waals surface area contributed by atoms with Crippen LogP contribution < -0.4 is 5.56 Å². The highest BCUT2D eigenvalue weighted by Crippen LogP contribution is 2.30. The van der Waals surface area contributed by atoms with Crippen molar-refractivity contribution in [1.29, 1.82) is 0 Å². The molecule has 32 heavy (non-hydrogen) atoms. The first-order valence-electron chi connectivity index (χ1n) is 9.51. The van der Waals surface area contributed by atoms with Crippen LogP contribution in [-0.4, -0.2) is 20.4 Å². The molecule has 0 unspecified atom stereocenters. The second-order valence-corrected chi connectivity index (χ2v) is 7.78. The maximum atomic E-state index is 13.4. The first kappa shape index (κ1) is 21.5. The van der Waals surface area contributed by atoms with Crippen LogP contribution in [0.2, 0.25) is 10.0 Å². The molecule has 0 bridgehead atoms. The summed E-state index contributed by atoms with van der Waals surface area (Å²) >= 11 is 12.3. The maximum Gasteiger partial charge on any atom is 0.280 e. The molecule has 0 radical (unpaired) electrons. The average Bonchev–Trinajstić information content (AvgIpc) is 3.14. The zero-order valence-electron chi connectivity index (χ0n) is 16.8. The average molecular weight is 467 g/mol. The van der Waals surface area contributed by atoms with E-state index >= 15 is 0 Å². The Kier molecular flexibility index (Phi) is 5.94. The highest BCUT2D eigenvalue weighted by Gasteiger charge is 2.20. The molecule has 4 aromatic rings. The lowest BCUT2D eigenvalue weighted by Crippen LogP contribution is -2.19. The van der Waals surface area contributed by atoms with Crippen molar-refractivity contribution in [3.05, 3.63) is 109 Å². The van der Waals surface area contributed by atoms with Crippen molar-refractivity contribution in [2.75, 3.05) is 0 Å². The first-order chi connectivity index (χ1) is 15.3. The van der Waals surface area contributed by atoms with Gasteiger partial charge in [0.05, 0.1) is 38.3 Å². The molecule has 160 valence electrons. The Morgan fingerprint density at radius 3 is 2.38 bits per heavy atom. The van der Waals surface area contributed by atoms with E-state index in [2.05, 4.69) is 10.1 Å².